The highest BCUT2D eigenvalue weighted by molar-refractivity contribution is 7.88. The van der Waals surface area contributed by atoms with Gasteiger partial charge in [0.2, 0.25) is 15.9 Å². The van der Waals surface area contributed by atoms with Crippen LogP contribution in [0.5, 0.6) is 11.5 Å². The molecule has 3 rings (SSSR count). The maximum Gasteiger partial charge on any atom is 0.220 e. The fraction of sp³-hybridized carbons (Fsp3) is 0.667. The Hall–Kier alpha value is -1.84. The molecule has 2 aliphatic rings. The summed E-state index contributed by atoms with van der Waals surface area (Å²) in [7, 11) is -1.56. The first-order valence-electron chi connectivity index (χ1n) is 10.4. The molecule has 1 aromatic rings. The number of carbonyl (C=O) groups is 1. The van der Waals surface area contributed by atoms with Gasteiger partial charge in [0.1, 0.15) is 6.61 Å². The lowest BCUT2D eigenvalue weighted by atomic mass is 9.78. The molecule has 1 aromatic carbocycles. The Morgan fingerprint density at radius 1 is 1.27 bits per heavy atom. The number of benzene rings is 1. The minimum atomic E-state index is -3.16. The van der Waals surface area contributed by atoms with Crippen molar-refractivity contribution < 1.29 is 27.4 Å². The van der Waals surface area contributed by atoms with Crippen molar-refractivity contribution in [3.8, 4) is 11.5 Å². The number of carbonyl (C=O) groups excluding carboxylic acids is 1. The minimum Gasteiger partial charge on any atom is -0.493 e. The van der Waals surface area contributed by atoms with Crippen LogP contribution < -0.4 is 14.8 Å². The van der Waals surface area contributed by atoms with E-state index in [9.17, 15) is 13.2 Å². The van der Waals surface area contributed by atoms with E-state index < -0.39 is 10.0 Å². The molecule has 1 unspecified atom stereocenters. The van der Waals surface area contributed by atoms with Gasteiger partial charge in [-0.1, -0.05) is 12.1 Å². The third-order valence-electron chi connectivity index (χ3n) is 5.92. The zero-order valence-corrected chi connectivity index (χ0v) is 18.6. The van der Waals surface area contributed by atoms with E-state index in [2.05, 4.69) is 5.32 Å². The molecule has 168 valence electrons. The van der Waals surface area contributed by atoms with Crippen molar-refractivity contribution in [3.05, 3.63) is 24.3 Å². The molecule has 2 fully saturated rings. The topological polar surface area (TPSA) is 94.2 Å². The van der Waals surface area contributed by atoms with Crippen LogP contribution in [0.4, 0.5) is 0 Å². The van der Waals surface area contributed by atoms with Gasteiger partial charge >= 0.3 is 0 Å². The SMILES string of the molecule is COc1ccccc1OCCNC(=O)CC1CCOC2(CCN(S(C)(=O)=O)CC2)C1. The number of amides is 1. The fourth-order valence-electron chi connectivity index (χ4n) is 4.30. The Morgan fingerprint density at radius 3 is 2.63 bits per heavy atom. The van der Waals surface area contributed by atoms with Gasteiger partial charge in [0.05, 0.1) is 25.5 Å². The molecule has 8 nitrogen and oxygen atoms in total. The molecule has 9 heteroatoms. The number of rotatable bonds is 8. The molecule has 2 aliphatic heterocycles. The molecule has 2 saturated heterocycles. The lowest BCUT2D eigenvalue weighted by Crippen LogP contribution is -2.50. The predicted octanol–water partition coefficient (Wildman–Crippen LogP) is 1.80. The maximum absolute atomic E-state index is 12.4. The summed E-state index contributed by atoms with van der Waals surface area (Å²) < 4.78 is 42.0. The Balaban J connectivity index is 1.40. The Bertz CT molecular complexity index is 821. The number of ether oxygens (including phenoxy) is 3. The zero-order chi connectivity index (χ0) is 21.6. The standard InChI is InChI=1S/C21H32N2O6S/c1-27-18-5-3-4-6-19(18)28-14-10-22-20(24)15-17-7-13-29-21(16-17)8-11-23(12-9-21)30(2,25)26/h3-6,17H,7-16H2,1-2H3,(H,22,24). The van der Waals surface area contributed by atoms with Crippen LogP contribution in [-0.2, 0) is 19.6 Å². The molecule has 1 spiro atoms. The third-order valence-corrected chi connectivity index (χ3v) is 7.23. The van der Waals surface area contributed by atoms with Crippen molar-refractivity contribution in [2.24, 2.45) is 5.92 Å². The molecule has 0 aromatic heterocycles. The molecular formula is C21H32N2O6S. The Kier molecular flexibility index (Phi) is 7.60. The summed E-state index contributed by atoms with van der Waals surface area (Å²) in [6.07, 6.45) is 4.72. The van der Waals surface area contributed by atoms with Crippen LogP contribution in [0, 0.1) is 5.92 Å². The first-order chi connectivity index (χ1) is 14.3. The van der Waals surface area contributed by atoms with Crippen molar-refractivity contribution in [1.82, 2.24) is 9.62 Å². The lowest BCUT2D eigenvalue weighted by molar-refractivity contribution is -0.132. The number of hydrogen-bond donors (Lipinski definition) is 1. The van der Waals surface area contributed by atoms with Gasteiger partial charge in [-0.25, -0.2) is 12.7 Å². The largest absolute Gasteiger partial charge is 0.493 e. The highest BCUT2D eigenvalue weighted by Crippen LogP contribution is 2.39. The molecule has 30 heavy (non-hydrogen) atoms. The van der Waals surface area contributed by atoms with Crippen molar-refractivity contribution >= 4 is 15.9 Å². The number of nitrogens with zero attached hydrogens (tertiary/aromatic N) is 1. The highest BCUT2D eigenvalue weighted by atomic mass is 32.2. The molecule has 2 heterocycles. The molecule has 1 N–H and O–H groups in total. The monoisotopic (exact) mass is 440 g/mol. The molecular weight excluding hydrogens is 408 g/mol. The van der Waals surface area contributed by atoms with E-state index in [1.165, 1.54) is 10.6 Å². The van der Waals surface area contributed by atoms with Gasteiger partial charge in [-0.05, 0) is 43.7 Å². The average molecular weight is 441 g/mol. The predicted molar refractivity (Wildman–Crippen MR) is 113 cm³/mol. The summed E-state index contributed by atoms with van der Waals surface area (Å²) in [4.78, 5) is 12.4. The zero-order valence-electron chi connectivity index (χ0n) is 17.8. The second-order valence-electron chi connectivity index (χ2n) is 8.11. The molecule has 0 radical (unpaired) electrons. The molecule has 0 bridgehead atoms. The van der Waals surface area contributed by atoms with E-state index in [1.54, 1.807) is 7.11 Å². The Labute approximate surface area is 178 Å². The summed E-state index contributed by atoms with van der Waals surface area (Å²) in [5.41, 5.74) is -0.294. The Morgan fingerprint density at radius 2 is 1.97 bits per heavy atom. The van der Waals surface area contributed by atoms with Gasteiger partial charge in [0.15, 0.2) is 11.5 Å². The number of methoxy groups -OCH3 is 1. The van der Waals surface area contributed by atoms with Gasteiger partial charge in [0, 0.05) is 26.1 Å². The maximum atomic E-state index is 12.4. The van der Waals surface area contributed by atoms with Gasteiger partial charge < -0.3 is 19.5 Å². The number of hydrogen-bond acceptors (Lipinski definition) is 6. The van der Waals surface area contributed by atoms with Crippen LogP contribution in [0.25, 0.3) is 0 Å². The smallest absolute Gasteiger partial charge is 0.220 e. The summed E-state index contributed by atoms with van der Waals surface area (Å²) >= 11 is 0. The van der Waals surface area contributed by atoms with Gasteiger partial charge in [-0.2, -0.15) is 0 Å². The summed E-state index contributed by atoms with van der Waals surface area (Å²) in [6, 6.07) is 7.41. The molecule has 1 atom stereocenters. The fourth-order valence-corrected chi connectivity index (χ4v) is 5.15. The third kappa shape index (κ3) is 6.09. The number of piperidine rings is 1. The summed E-state index contributed by atoms with van der Waals surface area (Å²) in [6.45, 7) is 2.38. The van der Waals surface area contributed by atoms with Crippen LogP contribution in [-0.4, -0.2) is 70.4 Å². The number of sulfonamides is 1. The first kappa shape index (κ1) is 22.8. The highest BCUT2D eigenvalue weighted by Gasteiger charge is 2.42. The molecule has 0 aliphatic carbocycles. The second-order valence-corrected chi connectivity index (χ2v) is 10.1. The molecule has 0 saturated carbocycles. The van der Waals surface area contributed by atoms with Crippen LogP contribution in [0.15, 0.2) is 24.3 Å². The van der Waals surface area contributed by atoms with Gasteiger partial charge in [0.25, 0.3) is 0 Å². The second kappa shape index (κ2) is 9.98. The van der Waals surface area contributed by atoms with Crippen molar-refractivity contribution in [2.45, 2.75) is 37.7 Å². The average Bonchev–Trinajstić information content (AvgIpc) is 2.71. The normalized spacial score (nSPS) is 21.9. The quantitative estimate of drug-likeness (QED) is 0.620. The van der Waals surface area contributed by atoms with E-state index in [1.807, 2.05) is 24.3 Å². The van der Waals surface area contributed by atoms with E-state index in [-0.39, 0.29) is 17.4 Å². The van der Waals surface area contributed by atoms with Crippen molar-refractivity contribution in [2.75, 3.05) is 46.2 Å². The minimum absolute atomic E-state index is 0.00856. The number of nitrogens with one attached hydrogen (secondary N) is 1. The van der Waals surface area contributed by atoms with Crippen LogP contribution in [0.1, 0.15) is 32.1 Å². The van der Waals surface area contributed by atoms with Crippen molar-refractivity contribution in [1.29, 1.82) is 0 Å². The van der Waals surface area contributed by atoms with Crippen LogP contribution in [0.3, 0.4) is 0 Å². The van der Waals surface area contributed by atoms with E-state index in [4.69, 9.17) is 14.2 Å². The van der Waals surface area contributed by atoms with E-state index in [0.717, 1.165) is 12.8 Å². The van der Waals surface area contributed by atoms with Crippen molar-refractivity contribution in [3.63, 3.8) is 0 Å². The summed E-state index contributed by atoms with van der Waals surface area (Å²) in [5.74, 6) is 1.58. The van der Waals surface area contributed by atoms with Gasteiger partial charge in [-0.15, -0.1) is 0 Å². The summed E-state index contributed by atoms with van der Waals surface area (Å²) in [5, 5.41) is 2.92. The van der Waals surface area contributed by atoms with Crippen LogP contribution in [0.2, 0.25) is 0 Å². The lowest BCUT2D eigenvalue weighted by Gasteiger charge is -2.45. The van der Waals surface area contributed by atoms with E-state index >= 15 is 0 Å². The first-order valence-corrected chi connectivity index (χ1v) is 12.3. The van der Waals surface area contributed by atoms with Crippen LogP contribution >= 0.6 is 0 Å². The van der Waals surface area contributed by atoms with Gasteiger partial charge in [-0.3, -0.25) is 4.79 Å². The van der Waals surface area contributed by atoms with E-state index in [0.29, 0.717) is 63.6 Å². The number of para-hydroxylation sites is 2. The molecule has 1 amide bonds.